The van der Waals surface area contributed by atoms with E-state index >= 15 is 0 Å². The topological polar surface area (TPSA) is 21.7 Å². The fraction of sp³-hybridized carbons (Fsp3) is 0.467. The molecule has 0 spiro atoms. The Kier molecular flexibility index (Phi) is 6.47. The van der Waals surface area contributed by atoms with E-state index in [4.69, 9.17) is 9.47 Å². The van der Waals surface area contributed by atoms with Gasteiger partial charge >= 0.3 is 0 Å². The van der Waals surface area contributed by atoms with Crippen molar-refractivity contribution in [3.8, 4) is 0 Å². The second-order valence-corrected chi connectivity index (χ2v) is 4.12. The summed E-state index contributed by atoms with van der Waals surface area (Å²) >= 11 is 0. The Morgan fingerprint density at radius 1 is 1.06 bits per heavy atom. The summed E-state index contributed by atoms with van der Waals surface area (Å²) in [6.07, 6.45) is 3.71. The Hall–Kier alpha value is -1.32. The van der Waals surface area contributed by atoms with E-state index in [2.05, 4.69) is 29.2 Å². The van der Waals surface area contributed by atoms with Gasteiger partial charge in [0.25, 0.3) is 0 Å². The van der Waals surface area contributed by atoms with Crippen LogP contribution in [0.3, 0.4) is 0 Å². The van der Waals surface area contributed by atoms with Crippen molar-refractivity contribution in [1.82, 2.24) is 0 Å². The third kappa shape index (κ3) is 4.90. The van der Waals surface area contributed by atoms with Crippen molar-refractivity contribution >= 4 is 11.8 Å². The van der Waals surface area contributed by atoms with Crippen LogP contribution in [0, 0.1) is 0 Å². The van der Waals surface area contributed by atoms with Crippen LogP contribution in [-0.2, 0) is 9.47 Å². The smallest absolute Gasteiger partial charge is 0.177 e. The Labute approximate surface area is 110 Å². The monoisotopic (exact) mass is 249 g/mol. The molecule has 18 heavy (non-hydrogen) atoms. The molecule has 0 fully saturated rings. The second kappa shape index (κ2) is 7.90. The second-order valence-electron chi connectivity index (χ2n) is 4.12. The van der Waals surface area contributed by atoms with Crippen LogP contribution in [0.2, 0.25) is 0 Å². The Morgan fingerprint density at radius 2 is 1.61 bits per heavy atom. The number of hydrogen-bond acceptors (Lipinski definition) is 3. The fourth-order valence-corrected chi connectivity index (χ4v) is 1.56. The molecule has 0 saturated heterocycles. The van der Waals surface area contributed by atoms with E-state index in [1.54, 1.807) is 0 Å². The van der Waals surface area contributed by atoms with E-state index in [1.165, 1.54) is 5.69 Å². The highest BCUT2D eigenvalue weighted by molar-refractivity contribution is 5.55. The molecule has 0 heterocycles. The lowest BCUT2D eigenvalue weighted by Crippen LogP contribution is -2.13. The van der Waals surface area contributed by atoms with Crippen molar-refractivity contribution < 1.29 is 9.47 Å². The minimum atomic E-state index is -0.256. The molecule has 1 aromatic rings. The van der Waals surface area contributed by atoms with Crippen LogP contribution in [-0.4, -0.2) is 33.6 Å². The standard InChI is InChI=1S/C15H23NO2/c1-5-17-15(18-6-2)12-9-13-7-10-14(11-8-13)16(3)4/h7-12,15H,5-6H2,1-4H3/b12-9+. The first kappa shape index (κ1) is 14.7. The van der Waals surface area contributed by atoms with Gasteiger partial charge in [0.05, 0.1) is 0 Å². The van der Waals surface area contributed by atoms with E-state index in [0.717, 1.165) is 5.56 Å². The van der Waals surface area contributed by atoms with E-state index in [9.17, 15) is 0 Å². The maximum Gasteiger partial charge on any atom is 0.177 e. The molecule has 1 aromatic carbocycles. The quantitative estimate of drug-likeness (QED) is 0.693. The van der Waals surface area contributed by atoms with Gasteiger partial charge < -0.3 is 14.4 Å². The molecule has 0 amide bonds. The van der Waals surface area contributed by atoms with Crippen LogP contribution in [0.4, 0.5) is 5.69 Å². The zero-order valence-electron chi connectivity index (χ0n) is 11.7. The van der Waals surface area contributed by atoms with Gasteiger partial charge in [0.2, 0.25) is 0 Å². The molecule has 0 aliphatic carbocycles. The lowest BCUT2D eigenvalue weighted by Gasteiger charge is -2.13. The molecule has 0 aliphatic rings. The molecule has 0 unspecified atom stereocenters. The molecule has 0 saturated carbocycles. The molecular weight excluding hydrogens is 226 g/mol. The largest absolute Gasteiger partial charge is 0.378 e. The maximum absolute atomic E-state index is 5.45. The first-order valence-corrected chi connectivity index (χ1v) is 6.36. The predicted octanol–water partition coefficient (Wildman–Crippen LogP) is 3.16. The molecular formula is C15H23NO2. The first-order valence-electron chi connectivity index (χ1n) is 6.36. The molecule has 0 aromatic heterocycles. The summed E-state index contributed by atoms with van der Waals surface area (Å²) in [6, 6.07) is 8.35. The Balaban J connectivity index is 2.64. The van der Waals surface area contributed by atoms with Crippen molar-refractivity contribution in [1.29, 1.82) is 0 Å². The minimum Gasteiger partial charge on any atom is -0.378 e. The summed E-state index contributed by atoms with van der Waals surface area (Å²) in [4.78, 5) is 2.08. The molecule has 1 rings (SSSR count). The number of benzene rings is 1. The summed E-state index contributed by atoms with van der Waals surface area (Å²) in [5.74, 6) is 0. The number of nitrogens with zero attached hydrogens (tertiary/aromatic N) is 1. The van der Waals surface area contributed by atoms with Crippen LogP contribution in [0.15, 0.2) is 30.3 Å². The predicted molar refractivity (Wildman–Crippen MR) is 76.8 cm³/mol. The summed E-state index contributed by atoms with van der Waals surface area (Å²) in [5, 5.41) is 0. The van der Waals surface area contributed by atoms with Crippen molar-refractivity contribution in [2.75, 3.05) is 32.2 Å². The maximum atomic E-state index is 5.45. The van der Waals surface area contributed by atoms with Gasteiger partial charge in [-0.05, 0) is 37.6 Å². The van der Waals surface area contributed by atoms with Crippen LogP contribution < -0.4 is 4.90 Å². The van der Waals surface area contributed by atoms with E-state index < -0.39 is 0 Å². The Bertz CT molecular complexity index is 351. The molecule has 0 bridgehead atoms. The Morgan fingerprint density at radius 3 is 2.06 bits per heavy atom. The molecule has 0 atom stereocenters. The van der Waals surface area contributed by atoms with Gasteiger partial charge in [-0.3, -0.25) is 0 Å². The third-order valence-corrected chi connectivity index (χ3v) is 2.52. The molecule has 3 heteroatoms. The van der Waals surface area contributed by atoms with E-state index in [1.807, 2.05) is 40.1 Å². The van der Waals surface area contributed by atoms with Crippen LogP contribution in [0.5, 0.6) is 0 Å². The van der Waals surface area contributed by atoms with Crippen molar-refractivity contribution in [3.05, 3.63) is 35.9 Å². The van der Waals surface area contributed by atoms with Crippen LogP contribution in [0.1, 0.15) is 19.4 Å². The lowest BCUT2D eigenvalue weighted by atomic mass is 10.2. The number of anilines is 1. The molecule has 0 radical (unpaired) electrons. The average Bonchev–Trinajstić information content (AvgIpc) is 2.37. The van der Waals surface area contributed by atoms with Crippen molar-refractivity contribution in [3.63, 3.8) is 0 Å². The highest BCUT2D eigenvalue weighted by Gasteiger charge is 2.01. The molecule has 0 N–H and O–H groups in total. The van der Waals surface area contributed by atoms with E-state index in [0.29, 0.717) is 13.2 Å². The van der Waals surface area contributed by atoms with Gasteiger partial charge in [-0.2, -0.15) is 0 Å². The number of hydrogen-bond donors (Lipinski definition) is 0. The number of rotatable bonds is 7. The molecule has 0 aliphatic heterocycles. The average molecular weight is 249 g/mol. The SMILES string of the molecule is CCOC(/C=C/c1ccc(N(C)C)cc1)OCC. The normalized spacial score (nSPS) is 11.4. The third-order valence-electron chi connectivity index (χ3n) is 2.52. The molecule has 3 nitrogen and oxygen atoms in total. The summed E-state index contributed by atoms with van der Waals surface area (Å²) in [7, 11) is 4.07. The van der Waals surface area contributed by atoms with Gasteiger partial charge in [-0.25, -0.2) is 0 Å². The van der Waals surface area contributed by atoms with E-state index in [-0.39, 0.29) is 6.29 Å². The van der Waals surface area contributed by atoms with Gasteiger partial charge in [0.1, 0.15) is 0 Å². The van der Waals surface area contributed by atoms with Crippen molar-refractivity contribution in [2.24, 2.45) is 0 Å². The van der Waals surface area contributed by atoms with Crippen molar-refractivity contribution in [2.45, 2.75) is 20.1 Å². The summed E-state index contributed by atoms with van der Waals surface area (Å²) < 4.78 is 10.9. The highest BCUT2D eigenvalue weighted by Crippen LogP contribution is 2.13. The van der Waals surface area contributed by atoms with Gasteiger partial charge in [-0.1, -0.05) is 18.2 Å². The number of ether oxygens (including phenoxy) is 2. The molecule has 100 valence electrons. The zero-order chi connectivity index (χ0) is 13.4. The highest BCUT2D eigenvalue weighted by atomic mass is 16.7. The zero-order valence-corrected chi connectivity index (χ0v) is 11.7. The van der Waals surface area contributed by atoms with Gasteiger partial charge in [-0.15, -0.1) is 0 Å². The summed E-state index contributed by atoms with van der Waals surface area (Å²) in [5.41, 5.74) is 2.34. The minimum absolute atomic E-state index is 0.256. The summed E-state index contributed by atoms with van der Waals surface area (Å²) in [6.45, 7) is 5.22. The van der Waals surface area contributed by atoms with Crippen LogP contribution in [0.25, 0.3) is 6.08 Å². The van der Waals surface area contributed by atoms with Gasteiger partial charge in [0, 0.05) is 33.0 Å². The lowest BCUT2D eigenvalue weighted by molar-refractivity contribution is -0.103. The first-order chi connectivity index (χ1) is 8.67. The fourth-order valence-electron chi connectivity index (χ4n) is 1.56. The van der Waals surface area contributed by atoms with Crippen LogP contribution >= 0.6 is 0 Å². The van der Waals surface area contributed by atoms with Gasteiger partial charge in [0.15, 0.2) is 6.29 Å².